The molecule has 1 heterocycles. The number of aromatic hydroxyl groups is 1. The van der Waals surface area contributed by atoms with Crippen LogP contribution in [0.25, 0.3) is 0 Å². The molecule has 0 amide bonds. The Balaban J connectivity index is 3.08. The molecule has 1 aromatic heterocycles. The number of carboxylic acid groups (broad SMARTS) is 1. The van der Waals surface area contributed by atoms with E-state index in [1.165, 1.54) is 0 Å². The van der Waals surface area contributed by atoms with Gasteiger partial charge in [0.2, 0.25) is 5.69 Å². The van der Waals surface area contributed by atoms with Crippen LogP contribution in [0.4, 0.5) is 5.82 Å². The van der Waals surface area contributed by atoms with Crippen LogP contribution in [0, 0.1) is 10.1 Å². The molecule has 0 atom stereocenters. The lowest BCUT2D eigenvalue weighted by Gasteiger charge is -1.96. The van der Waals surface area contributed by atoms with E-state index in [2.05, 4.69) is 4.98 Å². The van der Waals surface area contributed by atoms with E-state index in [-0.39, 0.29) is 11.4 Å². The van der Waals surface area contributed by atoms with Gasteiger partial charge in [0.1, 0.15) is 6.42 Å². The summed E-state index contributed by atoms with van der Waals surface area (Å²) in [6, 6.07) is 2.05. The molecule has 0 saturated heterocycles. The fraction of sp³-hybridized carbons (Fsp3) is 0.143. The zero-order chi connectivity index (χ0) is 10.7. The van der Waals surface area contributed by atoms with Crippen LogP contribution in [0.15, 0.2) is 12.1 Å². The van der Waals surface area contributed by atoms with Crippen molar-refractivity contribution in [3.05, 3.63) is 27.9 Å². The first-order valence-corrected chi connectivity index (χ1v) is 3.56. The molecule has 0 bridgehead atoms. The number of rotatable bonds is 3. The number of pyridine rings is 1. The van der Waals surface area contributed by atoms with Crippen molar-refractivity contribution < 1.29 is 19.9 Å². The predicted octanol–water partition coefficient (Wildman–Crippen LogP) is 0.322. The Labute approximate surface area is 77.8 Å². The van der Waals surface area contributed by atoms with Crippen LogP contribution < -0.4 is 0 Å². The Morgan fingerprint density at radius 3 is 2.71 bits per heavy atom. The van der Waals surface area contributed by atoms with E-state index < -0.39 is 23.1 Å². The van der Waals surface area contributed by atoms with E-state index >= 15 is 0 Å². The fourth-order valence-electron chi connectivity index (χ4n) is 0.857. The molecule has 1 aromatic rings. The normalized spacial score (nSPS) is 9.71. The molecule has 7 nitrogen and oxygen atoms in total. The predicted molar refractivity (Wildman–Crippen MR) is 43.9 cm³/mol. The summed E-state index contributed by atoms with van der Waals surface area (Å²) in [5, 5.41) is 27.8. The molecule has 0 spiro atoms. The van der Waals surface area contributed by atoms with Gasteiger partial charge in [0.05, 0.1) is 0 Å². The summed E-state index contributed by atoms with van der Waals surface area (Å²) in [7, 11) is 0. The van der Waals surface area contributed by atoms with Crippen LogP contribution in [-0.4, -0.2) is 26.1 Å². The van der Waals surface area contributed by atoms with Crippen molar-refractivity contribution >= 4 is 11.8 Å². The Hall–Kier alpha value is -2.18. The molecule has 2 N–H and O–H groups in total. The summed E-state index contributed by atoms with van der Waals surface area (Å²) < 4.78 is 0. The molecule has 0 radical (unpaired) electrons. The third kappa shape index (κ3) is 2.16. The Morgan fingerprint density at radius 2 is 2.21 bits per heavy atom. The lowest BCUT2D eigenvalue weighted by atomic mass is 10.2. The summed E-state index contributed by atoms with van der Waals surface area (Å²) >= 11 is 0. The van der Waals surface area contributed by atoms with Gasteiger partial charge in [-0.25, -0.2) is 0 Å². The number of carboxylic acids is 1. The van der Waals surface area contributed by atoms with Crippen molar-refractivity contribution in [2.24, 2.45) is 0 Å². The van der Waals surface area contributed by atoms with Crippen molar-refractivity contribution in [2.45, 2.75) is 6.42 Å². The van der Waals surface area contributed by atoms with Gasteiger partial charge in [0, 0.05) is 6.07 Å². The number of aromatic nitrogens is 1. The van der Waals surface area contributed by atoms with E-state index in [9.17, 15) is 14.9 Å². The van der Waals surface area contributed by atoms with Gasteiger partial charge in [0.15, 0.2) is 5.75 Å². The molecule has 0 aliphatic rings. The van der Waals surface area contributed by atoms with E-state index in [4.69, 9.17) is 10.2 Å². The number of hydrogen-bond donors (Lipinski definition) is 2. The summed E-state index contributed by atoms with van der Waals surface area (Å²) in [6.07, 6.45) is -0.548. The second-order valence-corrected chi connectivity index (χ2v) is 2.46. The highest BCUT2D eigenvalue weighted by Crippen LogP contribution is 2.18. The lowest BCUT2D eigenvalue weighted by Crippen LogP contribution is -2.04. The molecule has 0 aliphatic heterocycles. The van der Waals surface area contributed by atoms with Crippen LogP contribution in [-0.2, 0) is 11.2 Å². The molecule has 0 saturated carbocycles. The first-order chi connectivity index (χ1) is 6.50. The number of aliphatic carboxylic acids is 1. The standard InChI is InChI=1S/C7H6N2O5/c10-5-1-2-6(9(13)14)8-4(5)3-7(11)12/h1-2,10H,3H2,(H,11,12). The number of carbonyl (C=O) groups is 1. The van der Waals surface area contributed by atoms with Crippen molar-refractivity contribution in [3.8, 4) is 5.75 Å². The van der Waals surface area contributed by atoms with E-state index in [0.717, 1.165) is 12.1 Å². The molecule has 74 valence electrons. The third-order valence-corrected chi connectivity index (χ3v) is 1.44. The monoisotopic (exact) mass is 198 g/mol. The fourth-order valence-corrected chi connectivity index (χ4v) is 0.857. The highest BCUT2D eigenvalue weighted by Gasteiger charge is 2.17. The smallest absolute Gasteiger partial charge is 0.363 e. The minimum Gasteiger partial charge on any atom is -0.504 e. The Morgan fingerprint density at radius 1 is 1.57 bits per heavy atom. The average molecular weight is 198 g/mol. The number of hydrogen-bond acceptors (Lipinski definition) is 5. The van der Waals surface area contributed by atoms with Crippen molar-refractivity contribution in [2.75, 3.05) is 0 Å². The molecule has 7 heteroatoms. The number of nitrogens with zero attached hydrogens (tertiary/aromatic N) is 2. The van der Waals surface area contributed by atoms with Gasteiger partial charge in [-0.1, -0.05) is 0 Å². The van der Waals surface area contributed by atoms with Crippen molar-refractivity contribution in [3.63, 3.8) is 0 Å². The van der Waals surface area contributed by atoms with E-state index in [0.29, 0.717) is 0 Å². The molecule has 0 unspecified atom stereocenters. The largest absolute Gasteiger partial charge is 0.504 e. The van der Waals surface area contributed by atoms with Crippen LogP contribution in [0.5, 0.6) is 5.75 Å². The zero-order valence-electron chi connectivity index (χ0n) is 6.88. The van der Waals surface area contributed by atoms with Crippen LogP contribution in [0.1, 0.15) is 5.69 Å². The van der Waals surface area contributed by atoms with Crippen molar-refractivity contribution in [1.82, 2.24) is 4.98 Å². The quantitative estimate of drug-likeness (QED) is 0.534. The van der Waals surface area contributed by atoms with Gasteiger partial charge in [-0.2, -0.15) is 0 Å². The van der Waals surface area contributed by atoms with Gasteiger partial charge < -0.3 is 20.3 Å². The molecular formula is C7H6N2O5. The van der Waals surface area contributed by atoms with Crippen LogP contribution in [0.2, 0.25) is 0 Å². The van der Waals surface area contributed by atoms with Gasteiger partial charge in [0.25, 0.3) is 0 Å². The topological polar surface area (TPSA) is 114 Å². The Kier molecular flexibility index (Phi) is 2.61. The highest BCUT2D eigenvalue weighted by molar-refractivity contribution is 5.70. The SMILES string of the molecule is O=C(O)Cc1nc([N+](=O)[O-])ccc1O. The average Bonchev–Trinajstić information content (AvgIpc) is 2.07. The van der Waals surface area contributed by atoms with Crippen LogP contribution >= 0.6 is 0 Å². The zero-order valence-corrected chi connectivity index (χ0v) is 6.88. The molecular weight excluding hydrogens is 192 g/mol. The first-order valence-electron chi connectivity index (χ1n) is 3.56. The van der Waals surface area contributed by atoms with Gasteiger partial charge in [-0.3, -0.25) is 4.79 Å². The molecule has 14 heavy (non-hydrogen) atoms. The van der Waals surface area contributed by atoms with Crippen molar-refractivity contribution in [1.29, 1.82) is 0 Å². The van der Waals surface area contributed by atoms with E-state index in [1.807, 2.05) is 0 Å². The maximum atomic E-state index is 10.3. The molecule has 0 aliphatic carbocycles. The molecule has 1 rings (SSSR count). The molecule has 0 fully saturated rings. The summed E-state index contributed by atoms with van der Waals surface area (Å²) in [4.78, 5) is 23.2. The highest BCUT2D eigenvalue weighted by atomic mass is 16.6. The first kappa shape index (κ1) is 9.90. The van der Waals surface area contributed by atoms with E-state index in [1.54, 1.807) is 0 Å². The van der Waals surface area contributed by atoms with Gasteiger partial charge in [-0.05, 0) is 16.0 Å². The minimum atomic E-state index is -1.21. The summed E-state index contributed by atoms with van der Waals surface area (Å²) in [5.41, 5.74) is -0.216. The number of nitro groups is 1. The Bertz CT molecular complexity index is 390. The third-order valence-electron chi connectivity index (χ3n) is 1.44. The van der Waals surface area contributed by atoms with Crippen LogP contribution in [0.3, 0.4) is 0 Å². The second-order valence-electron chi connectivity index (χ2n) is 2.46. The second kappa shape index (κ2) is 3.69. The summed E-state index contributed by atoms with van der Waals surface area (Å²) in [5.74, 6) is -2.06. The van der Waals surface area contributed by atoms with Gasteiger partial charge in [-0.15, -0.1) is 0 Å². The molecule has 0 aromatic carbocycles. The minimum absolute atomic E-state index is 0.216. The summed E-state index contributed by atoms with van der Waals surface area (Å²) in [6.45, 7) is 0. The maximum absolute atomic E-state index is 10.3. The lowest BCUT2D eigenvalue weighted by molar-refractivity contribution is -0.389. The van der Waals surface area contributed by atoms with Gasteiger partial charge >= 0.3 is 11.8 Å². The maximum Gasteiger partial charge on any atom is 0.363 e.